The molecule has 0 aliphatic carbocycles. The van der Waals surface area contributed by atoms with Gasteiger partial charge in [-0.15, -0.1) is 0 Å². The molecular weight excluding hydrogens is 2100 g/mol. The second-order valence-corrected chi connectivity index (χ2v) is 46.0. The molecule has 33 nitrogen and oxygen atoms in total. The van der Waals surface area contributed by atoms with Crippen molar-refractivity contribution in [3.8, 4) is 11.4 Å². The molecule has 23 rings (SSSR count). The van der Waals surface area contributed by atoms with Crippen LogP contribution in [0.5, 0.6) is 0 Å². The van der Waals surface area contributed by atoms with Gasteiger partial charge in [0, 0.05) is 220 Å². The molecular formula is C109H141B3Br3ClN22O11. The quantitative estimate of drug-likeness (QED) is 0.0410. The van der Waals surface area contributed by atoms with Crippen molar-refractivity contribution in [1.29, 1.82) is 0 Å². The number of likely N-dealkylation sites (N-methyl/N-ethyl adjacent to an activating group) is 4. The standard InChI is InChI=1S/C26H28N8O.C21H32BN3O3.C15H20BrN3O.C12H24B2O4.C12H9ClN4.C8H8BrN.C8H6BrN.C7H14N2O2/c1-32-10-12-33(13-11-32)17-25(35)34-9-7-18-2-3-19(15-23(18)34)26-27-8-6-24(30-26)29-21-4-5-22-20(14-21)16-28-31-22;1-20(2)21(3,4)28-22(27-20)17-7-6-16-8-9-25(18(16)14-17)19(26)15-24-12-10-23(5)11-13-24;1-17-6-8-18(9-7-17)11-15(20)19-5-4-12-2-3-13(16)10-14(12)19;1-9(2)10(3,4)16-13(15-9)14-17-11(5,6)12(7,8)18-14;13-12-15-4-3-11(17-12)16-10-2-1-8-6-14-7-9(8)5-10;2*9-7-2-1-6-3-4-10-8(6)5-7;1-8-2-4-9(5-3-8)6-7(10)11/h2-6,8,14-16H,7,9-13,17H2,1H3,(H,28,31)(H,27,29,30);6-7,14H,8-13,15H2,1-5H3;2-3,10H,4-9,11H2,1H3;1-8H3;1-5,7H,6H2,(H,15,16,17);1-2,5,10H,3-4H2;1-5,10H;2-6H2,1H3,(H,10,11). The number of amides is 3. The molecule has 0 bridgehead atoms. The summed E-state index contributed by atoms with van der Waals surface area (Å²) >= 11 is 16.0. The monoisotopic (exact) mass is 2240 g/mol. The Morgan fingerprint density at radius 2 is 0.872 bits per heavy atom. The van der Waals surface area contributed by atoms with Crippen LogP contribution in [-0.4, -0.2) is 349 Å². The lowest BCUT2D eigenvalue weighted by Crippen LogP contribution is -2.48. The molecule has 4 aromatic heterocycles. The number of H-pyrrole nitrogens is 2. The highest BCUT2D eigenvalue weighted by molar-refractivity contribution is 9.11. The lowest BCUT2D eigenvalue weighted by Gasteiger charge is -2.32. The van der Waals surface area contributed by atoms with Gasteiger partial charge in [0.15, 0.2) is 5.82 Å². The van der Waals surface area contributed by atoms with Gasteiger partial charge in [0.05, 0.1) is 78.0 Å². The third kappa shape index (κ3) is 28.9. The van der Waals surface area contributed by atoms with Crippen molar-refractivity contribution in [3.05, 3.63) is 222 Å². The predicted octanol–water partition coefficient (Wildman–Crippen LogP) is 15.3. The summed E-state index contributed by atoms with van der Waals surface area (Å²) in [6.07, 6.45) is 12.9. The SMILES string of the molecule is Brc1ccc2c(c1)NCC2.Brc1ccc2cc[nH]c2c1.CC1(C)OB(B2OC(C)(C)C(C)(C)O2)OC1(C)C.CN1CCN(CC(=O)N2CCc3ccc(-c4nccc(Nc5ccc6[nH]ncc6c5)n4)cc32)CC1.CN1CCN(CC(=O)N2CCc3ccc(B4OC(C)(C)C(C)(C)O4)cc32)CC1.CN1CCN(CC(=O)N2CCc3ccc(Br)cc32)CC1.CN1CCN(CC(=O)O)CC1.Clc1nccc(Nc2ccc3c(c2)C=NC3)n1. The molecule has 0 unspecified atom stereocenters. The Morgan fingerprint density at radius 3 is 1.40 bits per heavy atom. The maximum atomic E-state index is 13.2. The van der Waals surface area contributed by atoms with E-state index in [-0.39, 0.29) is 63.2 Å². The Labute approximate surface area is 907 Å². The number of benzene rings is 7. The number of carboxylic acids is 1. The normalized spacial score (nSPS) is 19.8. The lowest BCUT2D eigenvalue weighted by molar-refractivity contribution is -0.138. The van der Waals surface area contributed by atoms with E-state index in [0.717, 1.165) is 226 Å². The Kier molecular flexibility index (Phi) is 36.7. The second-order valence-electron chi connectivity index (χ2n) is 42.9. The first-order valence-corrected chi connectivity index (χ1v) is 54.3. The molecule has 0 atom stereocenters. The number of piperazine rings is 4. The average Bonchev–Trinajstić information content (AvgIpc) is 1.59. The highest BCUT2D eigenvalue weighted by Crippen LogP contribution is 2.45. The number of halogens is 4. The summed E-state index contributed by atoms with van der Waals surface area (Å²) in [5.41, 5.74) is 15.7. The van der Waals surface area contributed by atoms with Crippen LogP contribution in [0.2, 0.25) is 5.28 Å². The number of hydrogen-bond acceptors (Lipinski definition) is 27. The fourth-order valence-corrected chi connectivity index (χ4v) is 20.2. The summed E-state index contributed by atoms with van der Waals surface area (Å²) in [6.45, 7) is 45.9. The zero-order valence-electron chi connectivity index (χ0n) is 88.6. The number of rotatable bonds is 15. The van der Waals surface area contributed by atoms with Crippen LogP contribution in [0.4, 0.5) is 45.8 Å². The molecule has 16 heterocycles. The van der Waals surface area contributed by atoms with Crippen molar-refractivity contribution in [2.45, 2.75) is 149 Å². The highest BCUT2D eigenvalue weighted by Gasteiger charge is 2.64. The van der Waals surface area contributed by atoms with Gasteiger partial charge < -0.3 is 88.3 Å². The number of nitrogens with zero attached hydrogens (tertiary/aromatic N) is 17. The van der Waals surface area contributed by atoms with Gasteiger partial charge in [-0.1, -0.05) is 96.3 Å². The first-order valence-electron chi connectivity index (χ1n) is 51.6. The number of fused-ring (bicyclic) bond motifs is 7. The van der Waals surface area contributed by atoms with Gasteiger partial charge in [-0.25, -0.2) is 19.9 Å². The topological polar surface area (TPSA) is 324 Å². The third-order valence-corrected chi connectivity index (χ3v) is 32.1. The first kappa shape index (κ1) is 112. The fraction of sp³-hybridized carbons (Fsp3) is 0.468. The van der Waals surface area contributed by atoms with Gasteiger partial charge in [0.1, 0.15) is 11.6 Å². The zero-order chi connectivity index (χ0) is 106. The van der Waals surface area contributed by atoms with Crippen LogP contribution in [0.3, 0.4) is 0 Å². The molecule has 0 spiro atoms. The Hall–Kier alpha value is -9.98. The molecule has 149 heavy (non-hydrogen) atoms. The summed E-state index contributed by atoms with van der Waals surface area (Å²) < 4.78 is 39.6. The van der Waals surface area contributed by atoms with Crippen LogP contribution in [0.1, 0.15) is 116 Å². The van der Waals surface area contributed by atoms with E-state index < -0.39 is 27.1 Å². The summed E-state index contributed by atoms with van der Waals surface area (Å²) in [7, 11) is 7.10. The van der Waals surface area contributed by atoms with Crippen molar-refractivity contribution in [2.24, 2.45) is 4.99 Å². The van der Waals surface area contributed by atoms with Gasteiger partial charge in [0.2, 0.25) is 23.0 Å². The minimum Gasteiger partial charge on any atom is -0.480 e. The first-order chi connectivity index (χ1) is 71.0. The van der Waals surface area contributed by atoms with E-state index in [9.17, 15) is 19.2 Å². The van der Waals surface area contributed by atoms with E-state index >= 15 is 0 Å². The van der Waals surface area contributed by atoms with Crippen molar-refractivity contribution in [1.82, 2.24) is 74.3 Å². The number of anilines is 8. The second kappa shape index (κ2) is 49.0. The minimum absolute atomic E-state index is 0.163. The molecule has 12 aliphatic rings. The maximum absolute atomic E-state index is 13.2. The van der Waals surface area contributed by atoms with Crippen LogP contribution >= 0.6 is 59.4 Å². The van der Waals surface area contributed by atoms with Crippen molar-refractivity contribution >= 4 is 183 Å². The van der Waals surface area contributed by atoms with Crippen LogP contribution in [-0.2, 0) is 79.3 Å². The lowest BCUT2D eigenvalue weighted by atomic mass is 9.49. The molecule has 12 aliphatic heterocycles. The summed E-state index contributed by atoms with van der Waals surface area (Å²) in [6, 6.07) is 49.1. The van der Waals surface area contributed by atoms with E-state index in [4.69, 9.17) is 49.6 Å². The molecule has 0 saturated carbocycles. The van der Waals surface area contributed by atoms with Gasteiger partial charge in [-0.3, -0.25) is 48.9 Å². The van der Waals surface area contributed by atoms with Crippen molar-refractivity contribution < 1.29 is 52.2 Å². The fourth-order valence-electron chi connectivity index (χ4n) is 19.0. The van der Waals surface area contributed by atoms with Gasteiger partial charge in [-0.2, -0.15) is 5.10 Å². The number of carbonyl (C=O) groups excluding carboxylic acids is 3. The average molecular weight is 2240 g/mol. The number of carbonyl (C=O) groups is 4. The van der Waals surface area contributed by atoms with Crippen LogP contribution in [0.15, 0.2) is 189 Å². The minimum atomic E-state index is -0.727. The van der Waals surface area contributed by atoms with Gasteiger partial charge in [0.25, 0.3) is 0 Å². The number of aliphatic carboxylic acids is 1. The number of aromatic nitrogens is 7. The molecule has 3 amide bonds. The third-order valence-electron chi connectivity index (χ3n) is 30.4. The zero-order valence-corrected chi connectivity index (χ0v) is 94.1. The summed E-state index contributed by atoms with van der Waals surface area (Å²) in [4.78, 5) is 97.2. The molecule has 11 aromatic rings. The van der Waals surface area contributed by atoms with Crippen molar-refractivity contribution in [2.75, 3.05) is 216 Å². The number of aromatic amines is 2. The summed E-state index contributed by atoms with van der Waals surface area (Å²) in [5, 5.41) is 27.9. The van der Waals surface area contributed by atoms with Gasteiger partial charge in [-0.05, 0) is 290 Å². The van der Waals surface area contributed by atoms with E-state index in [2.05, 4.69) is 274 Å². The molecule has 6 N–H and O–H groups in total. The highest BCUT2D eigenvalue weighted by atomic mass is 79.9. The number of nitrogens with one attached hydrogen (secondary N) is 5. The van der Waals surface area contributed by atoms with E-state index in [1.54, 1.807) is 24.7 Å². The van der Waals surface area contributed by atoms with Crippen LogP contribution in [0.25, 0.3) is 33.2 Å². The smallest absolute Gasteiger partial charge is 0.480 e. The van der Waals surface area contributed by atoms with Crippen LogP contribution < -0.4 is 36.1 Å². The molecule has 40 heteroatoms. The number of carboxylic acid groups (broad SMARTS) is 1. The van der Waals surface area contributed by atoms with Crippen LogP contribution in [0, 0.1) is 0 Å². The molecule has 0 radical (unpaired) electrons. The predicted molar refractivity (Wildman–Crippen MR) is 607 cm³/mol. The van der Waals surface area contributed by atoms with Gasteiger partial charge >= 0.3 is 27.1 Å². The Morgan fingerprint density at radius 1 is 0.430 bits per heavy atom. The Bertz CT molecular complexity index is 6450. The van der Waals surface area contributed by atoms with E-state index in [1.165, 1.54) is 50.8 Å². The largest absolute Gasteiger partial charge is 0.494 e. The van der Waals surface area contributed by atoms with E-state index in [0.29, 0.717) is 37.1 Å². The number of hydrogen-bond donors (Lipinski definition) is 6. The molecule has 7 saturated heterocycles. The van der Waals surface area contributed by atoms with Crippen molar-refractivity contribution in [3.63, 3.8) is 0 Å². The number of aliphatic imine (C=N–C) groups is 1. The molecule has 7 fully saturated rings. The maximum Gasteiger partial charge on any atom is 0.494 e. The Balaban J connectivity index is 0.000000126. The van der Waals surface area contributed by atoms with E-state index in [1.807, 2.05) is 142 Å². The molecule has 790 valence electrons. The summed E-state index contributed by atoms with van der Waals surface area (Å²) in [5.74, 6) is 1.87. The molecule has 7 aromatic carbocycles.